The Morgan fingerprint density at radius 3 is 2.60 bits per heavy atom. The van der Waals surface area contributed by atoms with Crippen molar-refractivity contribution in [2.75, 3.05) is 23.7 Å². The van der Waals surface area contributed by atoms with Crippen molar-refractivity contribution in [1.82, 2.24) is 20.3 Å². The van der Waals surface area contributed by atoms with Crippen LogP contribution in [0.1, 0.15) is 57.2 Å². The van der Waals surface area contributed by atoms with Crippen molar-refractivity contribution in [3.8, 4) is 0 Å². The Bertz CT molecular complexity index is 1140. The van der Waals surface area contributed by atoms with Gasteiger partial charge in [0.15, 0.2) is 0 Å². The Hall–Kier alpha value is -2.93. The molecule has 4 bridgehead atoms. The molecule has 2 heterocycles. The van der Waals surface area contributed by atoms with Gasteiger partial charge in [-0.3, -0.25) is 4.79 Å². The standard InChI is InChI=1S/C28H35N6O/c35-27(17-28-14-19-11-20(15-28)13-21(12-19)16-28)34-24-4-1-3-23-22(24)5-6-25(33-23)30-8-2-7-29-18-26-31-9-10-32-26/h1,3-6,9-10,18-21,29H,2,7-8,11-17H2,(H,30,33)(H,31,32)(H,34,35). The van der Waals surface area contributed by atoms with E-state index in [0.717, 1.165) is 65.5 Å². The van der Waals surface area contributed by atoms with Gasteiger partial charge in [-0.1, -0.05) is 6.07 Å². The summed E-state index contributed by atoms with van der Waals surface area (Å²) in [5.41, 5.74) is 2.02. The van der Waals surface area contributed by atoms with Crippen LogP contribution in [0, 0.1) is 29.7 Å². The lowest BCUT2D eigenvalue weighted by molar-refractivity contribution is -0.124. The maximum atomic E-state index is 13.2. The molecule has 4 N–H and O–H groups in total. The van der Waals surface area contributed by atoms with Crippen LogP contribution in [-0.4, -0.2) is 33.9 Å². The molecule has 0 spiro atoms. The second-order valence-corrected chi connectivity index (χ2v) is 11.1. The summed E-state index contributed by atoms with van der Waals surface area (Å²) in [4.78, 5) is 25.1. The van der Waals surface area contributed by atoms with Gasteiger partial charge in [-0.25, -0.2) is 9.97 Å². The molecule has 4 saturated carbocycles. The summed E-state index contributed by atoms with van der Waals surface area (Å²) >= 11 is 0. The molecule has 0 aliphatic heterocycles. The number of carbonyl (C=O) groups is 1. The SMILES string of the molecule is O=C(CC12CC3CC(CC(C3)C1)C2)Nc1cccc2nc(NCCCN[CH]c3ncc[nH]3)ccc12. The van der Waals surface area contributed by atoms with E-state index in [2.05, 4.69) is 32.0 Å². The number of carbonyl (C=O) groups excluding carboxylic acids is 1. The number of nitrogens with zero attached hydrogens (tertiary/aromatic N) is 2. The molecule has 1 radical (unpaired) electrons. The van der Waals surface area contributed by atoms with E-state index in [9.17, 15) is 4.79 Å². The number of fused-ring (bicyclic) bond motifs is 1. The lowest BCUT2D eigenvalue weighted by Gasteiger charge is -2.56. The van der Waals surface area contributed by atoms with Gasteiger partial charge in [0.2, 0.25) is 5.91 Å². The zero-order valence-corrected chi connectivity index (χ0v) is 20.2. The Labute approximate surface area is 206 Å². The molecular weight excluding hydrogens is 436 g/mol. The Balaban J connectivity index is 1.03. The van der Waals surface area contributed by atoms with Gasteiger partial charge in [-0.15, -0.1) is 0 Å². The minimum atomic E-state index is 0.167. The zero-order valence-electron chi connectivity index (χ0n) is 20.2. The van der Waals surface area contributed by atoms with E-state index in [1.54, 1.807) is 12.4 Å². The van der Waals surface area contributed by atoms with Crippen LogP contribution >= 0.6 is 0 Å². The normalized spacial score (nSPS) is 26.8. The first-order valence-corrected chi connectivity index (χ1v) is 13.1. The minimum absolute atomic E-state index is 0.167. The topological polar surface area (TPSA) is 94.7 Å². The smallest absolute Gasteiger partial charge is 0.224 e. The molecule has 0 unspecified atom stereocenters. The summed E-state index contributed by atoms with van der Waals surface area (Å²) in [6, 6.07) is 10.0. The van der Waals surface area contributed by atoms with E-state index >= 15 is 0 Å². The molecule has 0 saturated heterocycles. The maximum Gasteiger partial charge on any atom is 0.224 e. The number of nitrogens with one attached hydrogen (secondary N) is 4. The first-order chi connectivity index (χ1) is 17.1. The Morgan fingerprint density at radius 1 is 1.06 bits per heavy atom. The summed E-state index contributed by atoms with van der Waals surface area (Å²) in [6.07, 6.45) is 13.2. The number of hydrogen-bond acceptors (Lipinski definition) is 5. The first kappa shape index (κ1) is 22.5. The van der Waals surface area contributed by atoms with Crippen LogP contribution in [0.5, 0.6) is 0 Å². The number of benzene rings is 1. The van der Waals surface area contributed by atoms with Crippen LogP contribution in [0.15, 0.2) is 42.7 Å². The molecule has 2 aromatic heterocycles. The van der Waals surface area contributed by atoms with Crippen LogP contribution in [0.2, 0.25) is 0 Å². The van der Waals surface area contributed by atoms with Gasteiger partial charge < -0.3 is 20.9 Å². The minimum Gasteiger partial charge on any atom is -0.370 e. The number of pyridine rings is 1. The second-order valence-electron chi connectivity index (χ2n) is 11.1. The highest BCUT2D eigenvalue weighted by Crippen LogP contribution is 2.61. The van der Waals surface area contributed by atoms with Crippen LogP contribution < -0.4 is 16.0 Å². The van der Waals surface area contributed by atoms with E-state index in [1.165, 1.54) is 38.5 Å². The van der Waals surface area contributed by atoms with Crippen molar-refractivity contribution in [3.05, 3.63) is 55.1 Å². The van der Waals surface area contributed by atoms with E-state index < -0.39 is 0 Å². The Kier molecular flexibility index (Phi) is 6.19. The predicted octanol–water partition coefficient (Wildman–Crippen LogP) is 5.10. The number of amides is 1. The molecule has 1 amide bonds. The number of aromatic amines is 1. The van der Waals surface area contributed by atoms with Gasteiger partial charge in [0.1, 0.15) is 11.6 Å². The third-order valence-electron chi connectivity index (χ3n) is 8.27. The number of anilines is 2. The molecule has 3 aromatic rings. The molecule has 1 aromatic carbocycles. The monoisotopic (exact) mass is 471 g/mol. The van der Waals surface area contributed by atoms with Crippen molar-refractivity contribution in [3.63, 3.8) is 0 Å². The van der Waals surface area contributed by atoms with Gasteiger partial charge in [0.25, 0.3) is 0 Å². The first-order valence-electron chi connectivity index (χ1n) is 13.1. The molecule has 183 valence electrons. The van der Waals surface area contributed by atoms with E-state index in [-0.39, 0.29) is 11.3 Å². The van der Waals surface area contributed by atoms with Gasteiger partial charge in [-0.05, 0) is 98.9 Å². The van der Waals surface area contributed by atoms with Crippen LogP contribution in [-0.2, 0) is 4.79 Å². The average Bonchev–Trinajstić information content (AvgIpc) is 3.34. The third-order valence-corrected chi connectivity index (χ3v) is 8.27. The lowest BCUT2D eigenvalue weighted by Crippen LogP contribution is -2.47. The highest BCUT2D eigenvalue weighted by Gasteiger charge is 2.51. The Morgan fingerprint density at radius 2 is 1.86 bits per heavy atom. The average molecular weight is 472 g/mol. The maximum absolute atomic E-state index is 13.2. The third kappa shape index (κ3) is 5.06. The fraction of sp³-hybridized carbons (Fsp3) is 0.500. The molecule has 7 nitrogen and oxygen atoms in total. The van der Waals surface area contributed by atoms with Gasteiger partial charge in [0, 0.05) is 30.7 Å². The fourth-order valence-corrected chi connectivity index (χ4v) is 7.34. The second kappa shape index (κ2) is 9.61. The number of imidazole rings is 1. The summed E-state index contributed by atoms with van der Waals surface area (Å²) < 4.78 is 0. The molecule has 4 aliphatic carbocycles. The van der Waals surface area contributed by atoms with Gasteiger partial charge >= 0.3 is 0 Å². The van der Waals surface area contributed by atoms with Crippen LogP contribution in [0.3, 0.4) is 0 Å². The lowest BCUT2D eigenvalue weighted by atomic mass is 9.49. The number of aromatic nitrogens is 3. The quantitative estimate of drug-likeness (QED) is 0.309. The molecule has 0 atom stereocenters. The van der Waals surface area contributed by atoms with Gasteiger partial charge in [0.05, 0.1) is 17.7 Å². The molecule has 7 rings (SSSR count). The van der Waals surface area contributed by atoms with Crippen LogP contribution in [0.25, 0.3) is 10.9 Å². The van der Waals surface area contributed by atoms with E-state index in [1.807, 2.05) is 30.8 Å². The number of hydrogen-bond donors (Lipinski definition) is 4. The summed E-state index contributed by atoms with van der Waals surface area (Å²) in [5.74, 6) is 4.45. The highest BCUT2D eigenvalue weighted by atomic mass is 16.1. The van der Waals surface area contributed by atoms with Crippen LogP contribution in [0.4, 0.5) is 11.5 Å². The molecule has 4 fully saturated rings. The van der Waals surface area contributed by atoms with Crippen molar-refractivity contribution in [1.29, 1.82) is 0 Å². The molecular formula is C28H35N6O. The molecule has 4 aliphatic rings. The summed E-state index contributed by atoms with van der Waals surface area (Å²) in [6.45, 7) is 3.55. The van der Waals surface area contributed by atoms with Crippen molar-refractivity contribution >= 4 is 28.3 Å². The molecule has 7 heteroatoms. The number of rotatable bonds is 10. The zero-order chi connectivity index (χ0) is 23.7. The number of H-pyrrole nitrogens is 1. The predicted molar refractivity (Wildman–Crippen MR) is 139 cm³/mol. The summed E-state index contributed by atoms with van der Waals surface area (Å²) in [5, 5.41) is 10.9. The fourth-order valence-electron chi connectivity index (χ4n) is 7.34. The van der Waals surface area contributed by atoms with Crippen molar-refractivity contribution in [2.45, 2.75) is 51.4 Å². The van der Waals surface area contributed by atoms with Crippen molar-refractivity contribution < 1.29 is 4.79 Å². The highest BCUT2D eigenvalue weighted by molar-refractivity contribution is 6.01. The van der Waals surface area contributed by atoms with E-state index in [0.29, 0.717) is 6.42 Å². The largest absolute Gasteiger partial charge is 0.370 e. The van der Waals surface area contributed by atoms with Gasteiger partial charge in [-0.2, -0.15) is 0 Å². The summed E-state index contributed by atoms with van der Waals surface area (Å²) in [7, 11) is 0. The van der Waals surface area contributed by atoms with E-state index in [4.69, 9.17) is 4.98 Å². The van der Waals surface area contributed by atoms with Crippen molar-refractivity contribution in [2.24, 2.45) is 23.2 Å². The molecule has 35 heavy (non-hydrogen) atoms.